The second-order valence-electron chi connectivity index (χ2n) is 5.55. The van der Waals surface area contributed by atoms with Crippen LogP contribution in [0, 0.1) is 11.2 Å². The molecule has 4 N–H and O–H groups in total. The monoisotopic (exact) mass is 359 g/mol. The lowest BCUT2D eigenvalue weighted by Gasteiger charge is -2.18. The van der Waals surface area contributed by atoms with E-state index in [1.54, 1.807) is 37.3 Å². The fraction of sp³-hybridized carbons (Fsp3) is 0.263. The molecule has 0 heterocycles. The van der Waals surface area contributed by atoms with Crippen LogP contribution in [-0.2, 0) is 16.1 Å². The fourth-order valence-electron chi connectivity index (χ4n) is 2.40. The van der Waals surface area contributed by atoms with Gasteiger partial charge in [-0.25, -0.2) is 4.39 Å². The normalized spacial score (nSPS) is 11.7. The number of amides is 1. The summed E-state index contributed by atoms with van der Waals surface area (Å²) in [6.45, 7) is 2.25. The Balaban J connectivity index is 2.09. The van der Waals surface area contributed by atoms with Gasteiger partial charge < -0.3 is 20.5 Å². The van der Waals surface area contributed by atoms with Gasteiger partial charge in [-0.3, -0.25) is 10.2 Å². The number of hydrogen-bond donors (Lipinski definition) is 3. The van der Waals surface area contributed by atoms with Gasteiger partial charge in [-0.05, 0) is 24.6 Å². The smallest absolute Gasteiger partial charge is 0.254 e. The van der Waals surface area contributed by atoms with Crippen LogP contribution >= 0.6 is 0 Å². The standard InChI is InChI=1S/C19H22FN3O3/c1-3-26-17(15-9-8-14(25-2)10-16(15)20)19(24)23-11-12-4-6-13(7-5-12)18(21)22/h4-10,17H,3,11H2,1-2H3,(H3,21,22)(H,23,24)/t17-/m1/s1. The highest BCUT2D eigenvalue weighted by atomic mass is 19.1. The maximum absolute atomic E-state index is 14.3. The van der Waals surface area contributed by atoms with Crippen LogP contribution in [0.2, 0.25) is 0 Å². The summed E-state index contributed by atoms with van der Waals surface area (Å²) in [5.41, 5.74) is 6.99. The molecule has 2 aromatic carbocycles. The first-order chi connectivity index (χ1) is 12.5. The van der Waals surface area contributed by atoms with Crippen molar-refractivity contribution < 1.29 is 18.7 Å². The summed E-state index contributed by atoms with van der Waals surface area (Å²) in [7, 11) is 1.44. The number of rotatable bonds is 8. The predicted molar refractivity (Wildman–Crippen MR) is 96.6 cm³/mol. The number of methoxy groups -OCH3 is 1. The Labute approximate surface area is 151 Å². The van der Waals surface area contributed by atoms with Gasteiger partial charge >= 0.3 is 0 Å². The molecule has 138 valence electrons. The molecule has 2 aromatic rings. The molecule has 6 nitrogen and oxygen atoms in total. The van der Waals surface area contributed by atoms with Crippen molar-refractivity contribution in [3.05, 3.63) is 65.0 Å². The Morgan fingerprint density at radius 1 is 1.27 bits per heavy atom. The molecule has 0 fully saturated rings. The number of ether oxygens (including phenoxy) is 2. The molecular weight excluding hydrogens is 337 g/mol. The van der Waals surface area contributed by atoms with E-state index in [1.165, 1.54) is 19.2 Å². The molecule has 0 saturated carbocycles. The van der Waals surface area contributed by atoms with Crippen LogP contribution in [0.25, 0.3) is 0 Å². The molecule has 0 bridgehead atoms. The van der Waals surface area contributed by atoms with E-state index in [2.05, 4.69) is 5.32 Å². The van der Waals surface area contributed by atoms with Gasteiger partial charge in [-0.2, -0.15) is 0 Å². The van der Waals surface area contributed by atoms with Gasteiger partial charge in [0.05, 0.1) is 7.11 Å². The zero-order valence-corrected chi connectivity index (χ0v) is 14.7. The first kappa shape index (κ1) is 19.4. The van der Waals surface area contributed by atoms with Crippen LogP contribution in [0.5, 0.6) is 5.75 Å². The van der Waals surface area contributed by atoms with Crippen molar-refractivity contribution in [1.29, 1.82) is 5.41 Å². The largest absolute Gasteiger partial charge is 0.497 e. The number of halogens is 1. The van der Waals surface area contributed by atoms with Crippen LogP contribution in [0.3, 0.4) is 0 Å². The number of amidine groups is 1. The van der Waals surface area contributed by atoms with E-state index >= 15 is 0 Å². The minimum Gasteiger partial charge on any atom is -0.497 e. The molecule has 1 atom stereocenters. The number of hydrogen-bond acceptors (Lipinski definition) is 4. The summed E-state index contributed by atoms with van der Waals surface area (Å²) in [6.07, 6.45) is -1.05. The van der Waals surface area contributed by atoms with Crippen LogP contribution < -0.4 is 15.8 Å². The maximum atomic E-state index is 14.3. The second-order valence-corrected chi connectivity index (χ2v) is 5.55. The third kappa shape index (κ3) is 4.80. The lowest BCUT2D eigenvalue weighted by Crippen LogP contribution is -2.31. The molecular formula is C19H22FN3O3. The van der Waals surface area contributed by atoms with Crippen molar-refractivity contribution in [3.8, 4) is 5.75 Å². The summed E-state index contributed by atoms with van der Waals surface area (Å²) in [6, 6.07) is 11.2. The van der Waals surface area contributed by atoms with Crippen LogP contribution in [0.15, 0.2) is 42.5 Å². The number of carbonyl (C=O) groups excluding carboxylic acids is 1. The highest BCUT2D eigenvalue weighted by molar-refractivity contribution is 5.94. The molecule has 0 unspecified atom stereocenters. The molecule has 0 radical (unpaired) electrons. The molecule has 0 aromatic heterocycles. The van der Waals surface area contributed by atoms with E-state index in [9.17, 15) is 9.18 Å². The van der Waals surface area contributed by atoms with E-state index in [0.717, 1.165) is 5.56 Å². The number of benzene rings is 2. The zero-order chi connectivity index (χ0) is 19.1. The Hall–Kier alpha value is -2.93. The third-order valence-corrected chi connectivity index (χ3v) is 3.79. The summed E-state index contributed by atoms with van der Waals surface area (Å²) in [4.78, 5) is 12.5. The predicted octanol–water partition coefficient (Wildman–Crippen LogP) is 2.51. The Morgan fingerprint density at radius 3 is 2.50 bits per heavy atom. The molecule has 1 amide bonds. The van der Waals surface area contributed by atoms with Gasteiger partial charge in [0.15, 0.2) is 6.10 Å². The Bertz CT molecular complexity index is 778. The van der Waals surface area contributed by atoms with Gasteiger partial charge in [0.1, 0.15) is 17.4 Å². The van der Waals surface area contributed by atoms with E-state index in [0.29, 0.717) is 11.3 Å². The van der Waals surface area contributed by atoms with Gasteiger partial charge in [-0.1, -0.05) is 24.3 Å². The van der Waals surface area contributed by atoms with Gasteiger partial charge in [0.25, 0.3) is 5.91 Å². The van der Waals surface area contributed by atoms with Crippen LogP contribution in [0.4, 0.5) is 4.39 Å². The molecule has 0 saturated heterocycles. The number of nitrogen functional groups attached to an aromatic ring is 1. The molecule has 0 spiro atoms. The highest BCUT2D eigenvalue weighted by Crippen LogP contribution is 2.25. The minimum absolute atomic E-state index is 0.0213. The topological polar surface area (TPSA) is 97.4 Å². The lowest BCUT2D eigenvalue weighted by molar-refractivity contribution is -0.133. The summed E-state index contributed by atoms with van der Waals surface area (Å²) in [5.74, 6) is -0.658. The molecule has 0 aliphatic carbocycles. The van der Waals surface area contributed by atoms with Crippen molar-refractivity contribution >= 4 is 11.7 Å². The highest BCUT2D eigenvalue weighted by Gasteiger charge is 2.24. The van der Waals surface area contributed by atoms with Gasteiger partial charge in [0, 0.05) is 30.3 Å². The van der Waals surface area contributed by atoms with Crippen LogP contribution in [-0.4, -0.2) is 25.5 Å². The van der Waals surface area contributed by atoms with Crippen molar-refractivity contribution in [1.82, 2.24) is 5.32 Å². The number of carbonyl (C=O) groups is 1. The Morgan fingerprint density at radius 2 is 1.96 bits per heavy atom. The molecule has 0 aliphatic rings. The summed E-state index contributed by atoms with van der Waals surface area (Å²) < 4.78 is 24.7. The number of nitrogens with two attached hydrogens (primary N) is 1. The minimum atomic E-state index is -1.05. The second kappa shape index (κ2) is 8.96. The van der Waals surface area contributed by atoms with E-state index in [-0.39, 0.29) is 24.6 Å². The third-order valence-electron chi connectivity index (χ3n) is 3.79. The van der Waals surface area contributed by atoms with Crippen molar-refractivity contribution in [2.75, 3.05) is 13.7 Å². The molecule has 2 rings (SSSR count). The molecule has 0 aliphatic heterocycles. The quantitative estimate of drug-likeness (QED) is 0.498. The zero-order valence-electron chi connectivity index (χ0n) is 14.7. The first-order valence-electron chi connectivity index (χ1n) is 8.12. The van der Waals surface area contributed by atoms with Gasteiger partial charge in [0.2, 0.25) is 0 Å². The number of nitrogens with one attached hydrogen (secondary N) is 2. The van der Waals surface area contributed by atoms with Crippen LogP contribution in [0.1, 0.15) is 29.7 Å². The van der Waals surface area contributed by atoms with E-state index < -0.39 is 17.8 Å². The maximum Gasteiger partial charge on any atom is 0.254 e. The lowest BCUT2D eigenvalue weighted by atomic mass is 10.1. The van der Waals surface area contributed by atoms with Crippen molar-refractivity contribution in [2.45, 2.75) is 19.6 Å². The van der Waals surface area contributed by atoms with Crippen molar-refractivity contribution in [3.63, 3.8) is 0 Å². The first-order valence-corrected chi connectivity index (χ1v) is 8.12. The molecule has 7 heteroatoms. The van der Waals surface area contributed by atoms with E-state index in [1.807, 2.05) is 0 Å². The average Bonchev–Trinajstić information content (AvgIpc) is 2.64. The van der Waals surface area contributed by atoms with E-state index in [4.69, 9.17) is 20.6 Å². The average molecular weight is 359 g/mol. The Kier molecular flexibility index (Phi) is 6.68. The van der Waals surface area contributed by atoms with Crippen molar-refractivity contribution in [2.24, 2.45) is 5.73 Å². The SMILES string of the molecule is CCO[C@@H](C(=O)NCc1ccc(C(=N)N)cc1)c1ccc(OC)cc1F. The molecule has 26 heavy (non-hydrogen) atoms. The summed E-state index contributed by atoms with van der Waals surface area (Å²) >= 11 is 0. The fourth-order valence-corrected chi connectivity index (χ4v) is 2.40. The summed E-state index contributed by atoms with van der Waals surface area (Å²) in [5, 5.41) is 10.1. The van der Waals surface area contributed by atoms with Gasteiger partial charge in [-0.15, -0.1) is 0 Å².